The number of carbonyl (C=O) groups excluding carboxylic acids is 1. The highest BCUT2D eigenvalue weighted by atomic mass is 19.4. The summed E-state index contributed by atoms with van der Waals surface area (Å²) in [6.07, 6.45) is 6.99. The zero-order valence-electron chi connectivity index (χ0n) is 14.8. The van der Waals surface area contributed by atoms with Crippen LogP contribution >= 0.6 is 0 Å². The number of aldehydes is 1. The van der Waals surface area contributed by atoms with Gasteiger partial charge in [0.05, 0.1) is 5.56 Å². The van der Waals surface area contributed by atoms with E-state index in [4.69, 9.17) is 0 Å². The summed E-state index contributed by atoms with van der Waals surface area (Å²) in [6.45, 7) is 1.82. The molecule has 0 bridgehead atoms. The molecule has 0 heterocycles. The van der Waals surface area contributed by atoms with E-state index in [0.717, 1.165) is 35.1 Å². The first kappa shape index (κ1) is 20.2. The van der Waals surface area contributed by atoms with E-state index in [1.807, 2.05) is 61.6 Å². The molecule has 0 fully saturated rings. The lowest BCUT2D eigenvalue weighted by molar-refractivity contribution is -0.137. The van der Waals surface area contributed by atoms with Gasteiger partial charge in [-0.05, 0) is 47.4 Å². The fraction of sp³-hybridized carbons (Fsp3) is 0.0870. The fourth-order valence-electron chi connectivity index (χ4n) is 2.31. The molecule has 0 aromatic heterocycles. The van der Waals surface area contributed by atoms with E-state index < -0.39 is 11.7 Å². The van der Waals surface area contributed by atoms with Gasteiger partial charge in [-0.1, -0.05) is 72.8 Å². The Kier molecular flexibility index (Phi) is 7.12. The predicted octanol–water partition coefficient (Wildman–Crippen LogP) is 6.50. The minimum Gasteiger partial charge on any atom is -0.299 e. The lowest BCUT2D eigenvalue weighted by Crippen LogP contribution is -2.03. The van der Waals surface area contributed by atoms with Crippen molar-refractivity contribution in [1.82, 2.24) is 0 Å². The lowest BCUT2D eigenvalue weighted by Gasteiger charge is -2.06. The highest BCUT2D eigenvalue weighted by Crippen LogP contribution is 2.29. The van der Waals surface area contributed by atoms with Gasteiger partial charge < -0.3 is 0 Å². The molecule has 138 valence electrons. The van der Waals surface area contributed by atoms with Crippen LogP contribution in [0.5, 0.6) is 0 Å². The molecule has 0 spiro atoms. The number of allylic oxidation sites excluding steroid dienone is 7. The summed E-state index contributed by atoms with van der Waals surface area (Å²) in [5.41, 5.74) is 2.69. The molecule has 0 atom stereocenters. The molecule has 4 heteroatoms. The van der Waals surface area contributed by atoms with Crippen LogP contribution in [0.3, 0.4) is 0 Å². The normalized spacial score (nSPS) is 13.5. The summed E-state index contributed by atoms with van der Waals surface area (Å²) in [7, 11) is 0. The smallest absolute Gasteiger partial charge is 0.299 e. The van der Waals surface area contributed by atoms with Crippen LogP contribution in [0.2, 0.25) is 0 Å². The van der Waals surface area contributed by atoms with E-state index >= 15 is 0 Å². The predicted molar refractivity (Wildman–Crippen MR) is 104 cm³/mol. The van der Waals surface area contributed by atoms with Gasteiger partial charge in [0.2, 0.25) is 0 Å². The largest absolute Gasteiger partial charge is 0.416 e. The molecule has 2 aromatic rings. The minimum atomic E-state index is -4.34. The first-order valence-corrected chi connectivity index (χ1v) is 8.31. The minimum absolute atomic E-state index is 0.668. The topological polar surface area (TPSA) is 17.1 Å². The molecule has 0 amide bonds. The summed E-state index contributed by atoms with van der Waals surface area (Å²) in [6, 6.07) is 14.7. The van der Waals surface area contributed by atoms with E-state index in [1.54, 1.807) is 6.08 Å². The Balaban J connectivity index is 2.28. The second kappa shape index (κ2) is 9.53. The van der Waals surface area contributed by atoms with E-state index in [2.05, 4.69) is 0 Å². The Morgan fingerprint density at radius 2 is 1.56 bits per heavy atom. The number of rotatable bonds is 6. The van der Waals surface area contributed by atoms with Gasteiger partial charge in [0.25, 0.3) is 0 Å². The second-order valence-electron chi connectivity index (χ2n) is 5.85. The van der Waals surface area contributed by atoms with Gasteiger partial charge in [-0.25, -0.2) is 0 Å². The van der Waals surface area contributed by atoms with E-state index in [0.29, 0.717) is 5.56 Å². The Bertz CT molecular complexity index is 868. The summed E-state index contributed by atoms with van der Waals surface area (Å²) in [4.78, 5) is 10.5. The summed E-state index contributed by atoms with van der Waals surface area (Å²) in [5, 5.41) is 0. The summed E-state index contributed by atoms with van der Waals surface area (Å²) in [5.74, 6) is 0. The zero-order valence-corrected chi connectivity index (χ0v) is 14.8. The monoisotopic (exact) mass is 368 g/mol. The van der Waals surface area contributed by atoms with E-state index in [-0.39, 0.29) is 0 Å². The maximum Gasteiger partial charge on any atom is 0.416 e. The Morgan fingerprint density at radius 3 is 2.15 bits per heavy atom. The molecule has 0 saturated carbocycles. The summed E-state index contributed by atoms with van der Waals surface area (Å²) >= 11 is 0. The average molecular weight is 368 g/mol. The highest BCUT2D eigenvalue weighted by molar-refractivity contribution is 5.80. The highest BCUT2D eigenvalue weighted by Gasteiger charge is 2.29. The average Bonchev–Trinajstić information content (AvgIpc) is 2.65. The van der Waals surface area contributed by atoms with Crippen molar-refractivity contribution < 1.29 is 18.0 Å². The molecule has 0 aliphatic carbocycles. The van der Waals surface area contributed by atoms with Crippen molar-refractivity contribution >= 4 is 17.9 Å². The third kappa shape index (κ3) is 6.59. The van der Waals surface area contributed by atoms with Crippen LogP contribution < -0.4 is 0 Å². The molecule has 0 aliphatic heterocycles. The molecule has 0 radical (unpaired) electrons. The van der Waals surface area contributed by atoms with Crippen LogP contribution in [-0.4, -0.2) is 6.29 Å². The molecular formula is C23H19F3O. The third-order valence-electron chi connectivity index (χ3n) is 3.77. The molecule has 2 aromatic carbocycles. The Labute approximate surface area is 156 Å². The van der Waals surface area contributed by atoms with Crippen LogP contribution in [0, 0.1) is 0 Å². The maximum atomic E-state index is 12.7. The van der Waals surface area contributed by atoms with Crippen LogP contribution in [0.1, 0.15) is 23.6 Å². The van der Waals surface area contributed by atoms with Crippen LogP contribution in [0.25, 0.3) is 11.6 Å². The van der Waals surface area contributed by atoms with Gasteiger partial charge in [0.1, 0.15) is 6.29 Å². The van der Waals surface area contributed by atoms with Crippen LogP contribution in [-0.2, 0) is 11.0 Å². The number of hydrogen-bond acceptors (Lipinski definition) is 1. The lowest BCUT2D eigenvalue weighted by atomic mass is 10.0. The quantitative estimate of drug-likeness (QED) is 0.323. The maximum absolute atomic E-state index is 12.7. The van der Waals surface area contributed by atoms with E-state index in [9.17, 15) is 18.0 Å². The van der Waals surface area contributed by atoms with Gasteiger partial charge in [-0.2, -0.15) is 13.2 Å². The van der Waals surface area contributed by atoms with Gasteiger partial charge in [-0.15, -0.1) is 0 Å². The zero-order chi connectivity index (χ0) is 19.7. The van der Waals surface area contributed by atoms with Gasteiger partial charge in [-0.3, -0.25) is 4.79 Å². The summed E-state index contributed by atoms with van der Waals surface area (Å²) < 4.78 is 38.0. The van der Waals surface area contributed by atoms with Gasteiger partial charge in [0.15, 0.2) is 0 Å². The Hall–Kier alpha value is -3.14. The number of carbonyl (C=O) groups is 1. The number of halogens is 3. The first-order valence-electron chi connectivity index (χ1n) is 8.31. The Morgan fingerprint density at radius 1 is 0.889 bits per heavy atom. The molecule has 0 saturated heterocycles. The molecule has 27 heavy (non-hydrogen) atoms. The van der Waals surface area contributed by atoms with Crippen molar-refractivity contribution in [2.45, 2.75) is 13.1 Å². The third-order valence-corrected chi connectivity index (χ3v) is 3.77. The molecule has 2 rings (SSSR count). The first-order chi connectivity index (χ1) is 12.9. The van der Waals surface area contributed by atoms with E-state index in [1.165, 1.54) is 18.2 Å². The van der Waals surface area contributed by atoms with Crippen molar-refractivity contribution in [1.29, 1.82) is 0 Å². The standard InChI is InChI=1S/C23H19F3O/c1-18(16-17-27)6-5-9-21(20-7-3-2-4-8-20)13-10-19-11-14-22(15-12-19)23(24,25)26/h2-17H,1H3. The van der Waals surface area contributed by atoms with Crippen LogP contribution in [0.15, 0.2) is 90.6 Å². The number of benzene rings is 2. The molecule has 1 nitrogen and oxygen atoms in total. The van der Waals surface area contributed by atoms with Crippen molar-refractivity contribution in [2.24, 2.45) is 0 Å². The molecule has 0 N–H and O–H groups in total. The fourth-order valence-corrected chi connectivity index (χ4v) is 2.31. The van der Waals surface area contributed by atoms with Crippen LogP contribution in [0.4, 0.5) is 13.2 Å². The van der Waals surface area contributed by atoms with Crippen molar-refractivity contribution in [3.05, 3.63) is 107 Å². The van der Waals surface area contributed by atoms with Crippen molar-refractivity contribution in [3.63, 3.8) is 0 Å². The number of alkyl halides is 3. The van der Waals surface area contributed by atoms with Crippen molar-refractivity contribution in [3.8, 4) is 0 Å². The number of hydrogen-bond donors (Lipinski definition) is 0. The second-order valence-corrected chi connectivity index (χ2v) is 5.85. The molecular weight excluding hydrogens is 349 g/mol. The molecule has 0 unspecified atom stereocenters. The van der Waals surface area contributed by atoms with Crippen molar-refractivity contribution in [2.75, 3.05) is 0 Å². The van der Waals surface area contributed by atoms with Gasteiger partial charge in [0, 0.05) is 0 Å². The molecule has 0 aliphatic rings. The SMILES string of the molecule is CC(C=CC=C(C=Cc1ccc(C(F)(F)F)cc1)c1ccccc1)=CC=O. The van der Waals surface area contributed by atoms with Gasteiger partial charge >= 0.3 is 6.18 Å².